The van der Waals surface area contributed by atoms with Crippen LogP contribution in [-0.4, -0.2) is 18.6 Å². The second-order valence-corrected chi connectivity index (χ2v) is 5.01. The highest BCUT2D eigenvalue weighted by Gasteiger charge is 1.96. The molecular weight excluding hydrogens is 236 g/mol. The number of pyridine rings is 1. The third-order valence-corrected chi connectivity index (χ3v) is 3.16. The maximum absolute atomic E-state index is 5.65. The van der Waals surface area contributed by atoms with Crippen molar-refractivity contribution in [2.24, 2.45) is 0 Å². The first kappa shape index (κ1) is 16.1. The van der Waals surface area contributed by atoms with E-state index in [1.54, 1.807) is 0 Å². The van der Waals surface area contributed by atoms with Crippen LogP contribution in [0, 0.1) is 0 Å². The molecule has 0 spiro atoms. The van der Waals surface area contributed by atoms with Crippen LogP contribution in [0.2, 0.25) is 0 Å². The van der Waals surface area contributed by atoms with Gasteiger partial charge in [0.1, 0.15) is 0 Å². The molecule has 1 N–H and O–H groups in total. The summed E-state index contributed by atoms with van der Waals surface area (Å²) in [5, 5.41) is 3.11. The van der Waals surface area contributed by atoms with E-state index in [2.05, 4.69) is 23.3 Å². The van der Waals surface area contributed by atoms with E-state index in [4.69, 9.17) is 4.74 Å². The quantitative estimate of drug-likeness (QED) is 0.619. The number of hydrogen-bond acceptors (Lipinski definition) is 3. The van der Waals surface area contributed by atoms with E-state index in [0.717, 1.165) is 18.8 Å². The van der Waals surface area contributed by atoms with Gasteiger partial charge in [0.15, 0.2) is 0 Å². The molecule has 0 fully saturated rings. The lowest BCUT2D eigenvalue weighted by atomic mass is 10.1. The number of nitrogens with zero attached hydrogens (tertiary/aromatic N) is 1. The normalized spacial score (nSPS) is 10.8. The molecule has 0 bridgehead atoms. The summed E-state index contributed by atoms with van der Waals surface area (Å²) in [6, 6.07) is 4.15. The Bertz CT molecular complexity index is 311. The predicted molar refractivity (Wildman–Crippen MR) is 80.0 cm³/mol. The maximum Gasteiger partial charge on any atom is 0.0887 e. The topological polar surface area (TPSA) is 34.1 Å². The smallest absolute Gasteiger partial charge is 0.0887 e. The Morgan fingerprint density at radius 2 is 1.89 bits per heavy atom. The largest absolute Gasteiger partial charge is 0.375 e. The fraction of sp³-hybridized carbons (Fsp3) is 0.688. The third kappa shape index (κ3) is 7.96. The summed E-state index contributed by atoms with van der Waals surface area (Å²) >= 11 is 0. The van der Waals surface area contributed by atoms with Crippen molar-refractivity contribution in [3.63, 3.8) is 0 Å². The van der Waals surface area contributed by atoms with Crippen LogP contribution in [0.4, 0.5) is 0 Å². The molecule has 108 valence electrons. The summed E-state index contributed by atoms with van der Waals surface area (Å²) in [5.74, 6) is 0. The van der Waals surface area contributed by atoms with E-state index in [-0.39, 0.29) is 0 Å². The van der Waals surface area contributed by atoms with E-state index in [1.165, 1.54) is 44.1 Å². The highest BCUT2D eigenvalue weighted by molar-refractivity contribution is 5.13. The Kier molecular flexibility index (Phi) is 9.29. The van der Waals surface area contributed by atoms with Gasteiger partial charge in [0, 0.05) is 19.3 Å². The van der Waals surface area contributed by atoms with Crippen molar-refractivity contribution in [2.75, 3.05) is 13.7 Å². The molecule has 1 aromatic heterocycles. The van der Waals surface area contributed by atoms with Gasteiger partial charge in [-0.05, 0) is 25.1 Å². The van der Waals surface area contributed by atoms with Crippen LogP contribution in [0.1, 0.15) is 56.7 Å². The van der Waals surface area contributed by atoms with Crippen molar-refractivity contribution in [2.45, 2.75) is 58.6 Å². The molecule has 3 heteroatoms. The summed E-state index contributed by atoms with van der Waals surface area (Å²) in [5.41, 5.74) is 2.23. The maximum atomic E-state index is 5.65. The summed E-state index contributed by atoms with van der Waals surface area (Å²) in [6.45, 7) is 4.60. The molecule has 0 unspecified atom stereocenters. The molecule has 1 rings (SSSR count). The monoisotopic (exact) mass is 264 g/mol. The highest BCUT2D eigenvalue weighted by atomic mass is 16.5. The summed E-state index contributed by atoms with van der Waals surface area (Å²) < 4.78 is 5.65. The van der Waals surface area contributed by atoms with Crippen molar-refractivity contribution < 1.29 is 4.74 Å². The van der Waals surface area contributed by atoms with Gasteiger partial charge < -0.3 is 10.1 Å². The molecule has 3 nitrogen and oxygen atoms in total. The molecule has 0 aliphatic rings. The fourth-order valence-corrected chi connectivity index (χ4v) is 2.01. The van der Waals surface area contributed by atoms with Gasteiger partial charge in [0.2, 0.25) is 0 Å². The van der Waals surface area contributed by atoms with Crippen molar-refractivity contribution in [3.05, 3.63) is 29.6 Å². The Labute approximate surface area is 117 Å². The molecule has 0 aliphatic carbocycles. The summed E-state index contributed by atoms with van der Waals surface area (Å²) in [7, 11) is 1.94. The molecule has 0 aromatic carbocycles. The van der Waals surface area contributed by atoms with E-state index < -0.39 is 0 Å². The van der Waals surface area contributed by atoms with Crippen molar-refractivity contribution in [3.8, 4) is 0 Å². The lowest BCUT2D eigenvalue weighted by Crippen LogP contribution is -2.06. The van der Waals surface area contributed by atoms with Gasteiger partial charge in [-0.15, -0.1) is 0 Å². The molecule has 1 aromatic rings. The van der Waals surface area contributed by atoms with Gasteiger partial charge in [-0.2, -0.15) is 0 Å². The first-order chi connectivity index (χ1) is 9.36. The number of nitrogens with one attached hydrogen (secondary N) is 1. The van der Waals surface area contributed by atoms with E-state index in [0.29, 0.717) is 6.61 Å². The van der Waals surface area contributed by atoms with Gasteiger partial charge >= 0.3 is 0 Å². The lowest BCUT2D eigenvalue weighted by Gasteiger charge is -2.05. The molecule has 0 radical (unpaired) electrons. The average Bonchev–Trinajstić information content (AvgIpc) is 2.44. The second kappa shape index (κ2) is 10.9. The predicted octanol–water partition coefficient (Wildman–Crippen LogP) is 3.68. The van der Waals surface area contributed by atoms with Crippen molar-refractivity contribution in [1.29, 1.82) is 0 Å². The third-order valence-electron chi connectivity index (χ3n) is 3.16. The minimum Gasteiger partial charge on any atom is -0.375 e. The zero-order valence-corrected chi connectivity index (χ0v) is 12.5. The van der Waals surface area contributed by atoms with Gasteiger partial charge in [-0.25, -0.2) is 0 Å². The first-order valence-corrected chi connectivity index (χ1v) is 7.53. The summed E-state index contributed by atoms with van der Waals surface area (Å²) in [4.78, 5) is 4.39. The second-order valence-electron chi connectivity index (χ2n) is 5.01. The molecule has 0 saturated heterocycles. The van der Waals surface area contributed by atoms with E-state index >= 15 is 0 Å². The zero-order valence-electron chi connectivity index (χ0n) is 12.5. The van der Waals surface area contributed by atoms with Crippen LogP contribution in [0.15, 0.2) is 18.3 Å². The molecule has 0 amide bonds. The van der Waals surface area contributed by atoms with E-state index in [9.17, 15) is 0 Å². The minimum absolute atomic E-state index is 0.634. The van der Waals surface area contributed by atoms with Crippen molar-refractivity contribution in [1.82, 2.24) is 10.3 Å². The zero-order chi connectivity index (χ0) is 13.8. The van der Waals surface area contributed by atoms with Gasteiger partial charge in [0.25, 0.3) is 0 Å². The van der Waals surface area contributed by atoms with Crippen LogP contribution in [0.25, 0.3) is 0 Å². The molecule has 19 heavy (non-hydrogen) atoms. The molecule has 0 aliphatic heterocycles. The lowest BCUT2D eigenvalue weighted by molar-refractivity contribution is 0.114. The first-order valence-electron chi connectivity index (χ1n) is 7.53. The van der Waals surface area contributed by atoms with Crippen LogP contribution < -0.4 is 5.32 Å². The van der Waals surface area contributed by atoms with E-state index in [1.807, 2.05) is 19.3 Å². The number of ether oxygens (including phenoxy) is 1. The minimum atomic E-state index is 0.634. The Morgan fingerprint density at radius 3 is 2.58 bits per heavy atom. The van der Waals surface area contributed by atoms with Gasteiger partial charge in [0.05, 0.1) is 12.3 Å². The highest BCUT2D eigenvalue weighted by Crippen LogP contribution is 2.06. The Hall–Kier alpha value is -0.930. The fourth-order valence-electron chi connectivity index (χ4n) is 2.01. The number of unbranched alkanes of at least 4 members (excludes halogenated alkanes) is 5. The van der Waals surface area contributed by atoms with Crippen LogP contribution in [0.5, 0.6) is 0 Å². The molecule has 0 atom stereocenters. The van der Waals surface area contributed by atoms with Crippen LogP contribution in [-0.2, 0) is 17.9 Å². The van der Waals surface area contributed by atoms with Crippen LogP contribution >= 0.6 is 0 Å². The van der Waals surface area contributed by atoms with Crippen molar-refractivity contribution >= 4 is 0 Å². The standard InChI is InChI=1S/C16H28N2O/c1-3-4-5-6-7-8-11-19-14-16-10-9-15(12-17-2)13-18-16/h9-10,13,17H,3-8,11-12,14H2,1-2H3. The molecular formula is C16H28N2O. The van der Waals surface area contributed by atoms with Gasteiger partial charge in [-0.1, -0.05) is 45.1 Å². The number of hydrogen-bond donors (Lipinski definition) is 1. The molecule has 1 heterocycles. The van der Waals surface area contributed by atoms with Crippen LogP contribution in [0.3, 0.4) is 0 Å². The van der Waals surface area contributed by atoms with Gasteiger partial charge in [-0.3, -0.25) is 4.98 Å². The SMILES string of the molecule is CCCCCCCCOCc1ccc(CNC)cn1. The Balaban J connectivity index is 2.02. The number of rotatable bonds is 11. The molecule has 0 saturated carbocycles. The number of aromatic nitrogens is 1. The Morgan fingerprint density at radius 1 is 1.11 bits per heavy atom. The average molecular weight is 264 g/mol. The summed E-state index contributed by atoms with van der Waals surface area (Å²) in [6.07, 6.45) is 9.75.